The molecule has 0 amide bonds. The summed E-state index contributed by atoms with van der Waals surface area (Å²) < 4.78 is 27.4. The molecule has 0 bridgehead atoms. The first-order valence-electron chi connectivity index (χ1n) is 5.70. The van der Waals surface area contributed by atoms with E-state index in [0.29, 0.717) is 16.8 Å². The molecule has 1 aromatic heterocycles. The van der Waals surface area contributed by atoms with Crippen molar-refractivity contribution in [3.63, 3.8) is 0 Å². The van der Waals surface area contributed by atoms with Crippen molar-refractivity contribution in [1.82, 2.24) is 4.72 Å². The van der Waals surface area contributed by atoms with Gasteiger partial charge in [-0.25, -0.2) is 13.1 Å². The highest BCUT2D eigenvalue weighted by Crippen LogP contribution is 2.29. The SMILES string of the molecule is CCC(CC)(CCl)CNS(=O)(=O)c1ccc(Cl)s1. The average Bonchev–Trinajstić information content (AvgIpc) is 2.79. The number of halogens is 2. The van der Waals surface area contributed by atoms with Crippen molar-refractivity contribution in [2.45, 2.75) is 30.9 Å². The second-order valence-electron chi connectivity index (χ2n) is 4.22. The van der Waals surface area contributed by atoms with Gasteiger partial charge in [-0.2, -0.15) is 0 Å². The van der Waals surface area contributed by atoms with Gasteiger partial charge >= 0.3 is 0 Å². The zero-order valence-corrected chi connectivity index (χ0v) is 13.5. The lowest BCUT2D eigenvalue weighted by Crippen LogP contribution is -2.38. The summed E-state index contributed by atoms with van der Waals surface area (Å²) in [6.45, 7) is 4.38. The van der Waals surface area contributed by atoms with Crippen LogP contribution in [0.15, 0.2) is 16.3 Å². The molecule has 0 unspecified atom stereocenters. The quantitative estimate of drug-likeness (QED) is 0.775. The number of thiophene rings is 1. The van der Waals surface area contributed by atoms with E-state index in [1.165, 1.54) is 6.07 Å². The summed E-state index contributed by atoms with van der Waals surface area (Å²) in [6, 6.07) is 3.09. The Bertz CT molecular complexity index is 473. The molecule has 0 aromatic carbocycles. The molecule has 1 heterocycles. The van der Waals surface area contributed by atoms with Gasteiger partial charge in [0.05, 0.1) is 4.34 Å². The Labute approximate surface area is 123 Å². The van der Waals surface area contributed by atoms with Crippen molar-refractivity contribution in [1.29, 1.82) is 0 Å². The second-order valence-corrected chi connectivity index (χ2v) is 8.20. The Balaban J connectivity index is 2.79. The molecule has 0 radical (unpaired) electrons. The van der Waals surface area contributed by atoms with Crippen molar-refractivity contribution in [2.24, 2.45) is 5.41 Å². The van der Waals surface area contributed by atoms with Crippen LogP contribution in [-0.4, -0.2) is 20.8 Å². The lowest BCUT2D eigenvalue weighted by Gasteiger charge is -2.29. The van der Waals surface area contributed by atoms with Crippen LogP contribution in [0, 0.1) is 5.41 Å². The Kier molecular flexibility index (Phi) is 5.93. The Morgan fingerprint density at radius 1 is 1.33 bits per heavy atom. The molecule has 1 rings (SSSR count). The highest BCUT2D eigenvalue weighted by molar-refractivity contribution is 7.91. The molecule has 0 atom stereocenters. The molecule has 1 aromatic rings. The molecule has 0 aliphatic rings. The number of sulfonamides is 1. The molecule has 3 nitrogen and oxygen atoms in total. The molecular formula is C11H17Cl2NO2S2. The zero-order valence-electron chi connectivity index (χ0n) is 10.4. The maximum atomic E-state index is 12.0. The highest BCUT2D eigenvalue weighted by atomic mass is 35.5. The fraction of sp³-hybridized carbons (Fsp3) is 0.636. The minimum Gasteiger partial charge on any atom is -0.210 e. The van der Waals surface area contributed by atoms with Gasteiger partial charge in [0, 0.05) is 12.4 Å². The Morgan fingerprint density at radius 2 is 1.94 bits per heavy atom. The highest BCUT2D eigenvalue weighted by Gasteiger charge is 2.28. The van der Waals surface area contributed by atoms with Crippen molar-refractivity contribution in [3.8, 4) is 0 Å². The number of hydrogen-bond acceptors (Lipinski definition) is 3. The van der Waals surface area contributed by atoms with Crippen LogP contribution in [-0.2, 0) is 10.0 Å². The first kappa shape index (κ1) is 16.2. The Morgan fingerprint density at radius 3 is 2.33 bits per heavy atom. The third-order valence-electron chi connectivity index (χ3n) is 3.23. The molecule has 7 heteroatoms. The first-order chi connectivity index (χ1) is 8.39. The van der Waals surface area contributed by atoms with Gasteiger partial charge in [0.2, 0.25) is 10.0 Å². The van der Waals surface area contributed by atoms with Gasteiger partial charge in [0.1, 0.15) is 4.21 Å². The minimum absolute atomic E-state index is 0.185. The normalized spacial score (nSPS) is 12.9. The fourth-order valence-corrected chi connectivity index (χ4v) is 4.65. The topological polar surface area (TPSA) is 46.2 Å². The predicted octanol–water partition coefficient (Wildman–Crippen LogP) is 3.73. The van der Waals surface area contributed by atoms with E-state index in [0.717, 1.165) is 24.2 Å². The molecule has 1 N–H and O–H groups in total. The third-order valence-corrected chi connectivity index (χ3v) is 6.93. The van der Waals surface area contributed by atoms with Crippen LogP contribution in [0.4, 0.5) is 0 Å². The summed E-state index contributed by atoms with van der Waals surface area (Å²) in [5.41, 5.74) is -0.185. The molecule has 0 spiro atoms. The molecule has 0 fully saturated rings. The summed E-state index contributed by atoms with van der Waals surface area (Å²) in [5.74, 6) is 0.438. The summed E-state index contributed by atoms with van der Waals surface area (Å²) in [7, 11) is -3.48. The van der Waals surface area contributed by atoms with Crippen LogP contribution >= 0.6 is 34.5 Å². The smallest absolute Gasteiger partial charge is 0.210 e. The molecule has 0 saturated heterocycles. The van der Waals surface area contributed by atoms with Crippen LogP contribution in [0.1, 0.15) is 26.7 Å². The van der Waals surface area contributed by atoms with E-state index >= 15 is 0 Å². The molecular weight excluding hydrogens is 313 g/mol. The largest absolute Gasteiger partial charge is 0.250 e. The Hall–Kier alpha value is 0.190. The summed E-state index contributed by atoms with van der Waals surface area (Å²) in [5, 5.41) is 0. The van der Waals surface area contributed by atoms with Gasteiger partial charge < -0.3 is 0 Å². The standard InChI is InChI=1S/C11H17Cl2NO2S2/c1-3-11(4-2,7-12)8-14-18(15,16)10-6-5-9(13)17-10/h5-6,14H,3-4,7-8H2,1-2H3. The van der Waals surface area contributed by atoms with Gasteiger partial charge in [-0.15, -0.1) is 22.9 Å². The molecule has 18 heavy (non-hydrogen) atoms. The third kappa shape index (κ3) is 3.84. The van der Waals surface area contributed by atoms with E-state index in [2.05, 4.69) is 4.72 Å². The number of rotatable bonds is 7. The maximum absolute atomic E-state index is 12.0. The van der Waals surface area contributed by atoms with Gasteiger partial charge in [-0.3, -0.25) is 0 Å². The summed E-state index contributed by atoms with van der Waals surface area (Å²) >= 11 is 12.7. The van der Waals surface area contributed by atoms with Crippen molar-refractivity contribution in [3.05, 3.63) is 16.5 Å². The van der Waals surface area contributed by atoms with Crippen molar-refractivity contribution in [2.75, 3.05) is 12.4 Å². The monoisotopic (exact) mass is 329 g/mol. The van der Waals surface area contributed by atoms with E-state index < -0.39 is 10.0 Å². The number of hydrogen-bond donors (Lipinski definition) is 1. The van der Waals surface area contributed by atoms with E-state index in [1.807, 2.05) is 13.8 Å². The van der Waals surface area contributed by atoms with Crippen LogP contribution < -0.4 is 4.72 Å². The van der Waals surface area contributed by atoms with E-state index in [4.69, 9.17) is 23.2 Å². The van der Waals surface area contributed by atoms with Crippen molar-refractivity contribution >= 4 is 44.6 Å². The van der Waals surface area contributed by atoms with Crippen LogP contribution in [0.25, 0.3) is 0 Å². The predicted molar refractivity (Wildman–Crippen MR) is 78.3 cm³/mol. The van der Waals surface area contributed by atoms with E-state index in [9.17, 15) is 8.42 Å². The lowest BCUT2D eigenvalue weighted by molar-refractivity contribution is 0.305. The van der Waals surface area contributed by atoms with Gasteiger partial charge in [-0.05, 0) is 30.4 Å². The second kappa shape index (κ2) is 6.57. The average molecular weight is 330 g/mol. The van der Waals surface area contributed by atoms with Gasteiger partial charge in [0.25, 0.3) is 0 Å². The number of alkyl halides is 1. The summed E-state index contributed by atoms with van der Waals surface area (Å²) in [4.78, 5) is 0. The van der Waals surface area contributed by atoms with Gasteiger partial charge in [0.15, 0.2) is 0 Å². The van der Waals surface area contributed by atoms with Crippen LogP contribution in [0.5, 0.6) is 0 Å². The fourth-order valence-electron chi connectivity index (χ4n) is 1.50. The molecule has 104 valence electrons. The van der Waals surface area contributed by atoms with E-state index in [1.54, 1.807) is 6.07 Å². The van der Waals surface area contributed by atoms with Crippen molar-refractivity contribution < 1.29 is 8.42 Å². The minimum atomic E-state index is -3.48. The first-order valence-corrected chi connectivity index (χ1v) is 8.91. The molecule has 0 saturated carbocycles. The van der Waals surface area contributed by atoms with Gasteiger partial charge in [-0.1, -0.05) is 25.4 Å². The summed E-state index contributed by atoms with van der Waals surface area (Å²) in [6.07, 6.45) is 1.67. The van der Waals surface area contributed by atoms with Crippen LogP contribution in [0.3, 0.4) is 0 Å². The lowest BCUT2D eigenvalue weighted by atomic mass is 9.85. The van der Waals surface area contributed by atoms with Crippen LogP contribution in [0.2, 0.25) is 4.34 Å². The molecule has 0 aliphatic heterocycles. The maximum Gasteiger partial charge on any atom is 0.250 e. The number of nitrogens with one attached hydrogen (secondary N) is 1. The van der Waals surface area contributed by atoms with E-state index in [-0.39, 0.29) is 9.62 Å². The molecule has 0 aliphatic carbocycles. The zero-order chi connectivity index (χ0) is 13.8.